The van der Waals surface area contributed by atoms with Crippen molar-refractivity contribution >= 4 is 22.2 Å². The van der Waals surface area contributed by atoms with Crippen LogP contribution in [0.25, 0.3) is 16.5 Å². The Morgan fingerprint density at radius 1 is 1.14 bits per heavy atom. The van der Waals surface area contributed by atoms with Crippen LogP contribution in [0, 0.1) is 5.95 Å². The summed E-state index contributed by atoms with van der Waals surface area (Å²) in [5.74, 6) is -0.559. The monoisotopic (exact) mass is 487 g/mol. The lowest BCUT2D eigenvalue weighted by Gasteiger charge is -2.40. The van der Waals surface area contributed by atoms with Crippen LogP contribution in [0.3, 0.4) is 0 Å². The van der Waals surface area contributed by atoms with Gasteiger partial charge in [0.05, 0.1) is 40.9 Å². The van der Waals surface area contributed by atoms with E-state index in [4.69, 9.17) is 0 Å². The summed E-state index contributed by atoms with van der Waals surface area (Å²) in [4.78, 5) is 6.97. The van der Waals surface area contributed by atoms with Gasteiger partial charge in [-0.1, -0.05) is 25.0 Å². The van der Waals surface area contributed by atoms with Crippen LogP contribution in [0.2, 0.25) is 0 Å². The molecule has 2 aliphatic rings. The highest BCUT2D eigenvalue weighted by molar-refractivity contribution is 5.92. The number of nitrogens with zero attached hydrogens (tertiary/aromatic N) is 3. The Hall–Kier alpha value is -2.94. The highest BCUT2D eigenvalue weighted by atomic mass is 19.4. The van der Waals surface area contributed by atoms with Crippen LogP contribution in [-0.2, 0) is 6.42 Å². The number of alkyl halides is 3. The fourth-order valence-electron chi connectivity index (χ4n) is 5.25. The number of aromatic amines is 1. The molecule has 0 saturated carbocycles. The third-order valence-corrected chi connectivity index (χ3v) is 6.90. The SMILES string of the molecule is CCCCN1CC(Nc2ccc(C3=C(CC(F)(F)F)CCCc4c3ccc3n[nH]c(F)c43)nc2)C1. The van der Waals surface area contributed by atoms with E-state index in [0.29, 0.717) is 57.8 Å². The van der Waals surface area contributed by atoms with Crippen LogP contribution in [0.5, 0.6) is 0 Å². The highest BCUT2D eigenvalue weighted by Gasteiger charge is 2.33. The molecule has 9 heteroatoms. The molecule has 1 fully saturated rings. The number of allylic oxidation sites excluding steroid dienone is 1. The molecule has 2 N–H and O–H groups in total. The maximum atomic E-state index is 14.5. The highest BCUT2D eigenvalue weighted by Crippen LogP contribution is 2.41. The van der Waals surface area contributed by atoms with Crippen molar-refractivity contribution < 1.29 is 17.6 Å². The van der Waals surface area contributed by atoms with Crippen LogP contribution in [-0.4, -0.2) is 51.9 Å². The van der Waals surface area contributed by atoms with Gasteiger partial charge in [0.2, 0.25) is 5.95 Å². The van der Waals surface area contributed by atoms with Crippen molar-refractivity contribution in [1.82, 2.24) is 20.1 Å². The molecule has 1 saturated heterocycles. The van der Waals surface area contributed by atoms with E-state index in [2.05, 4.69) is 32.3 Å². The van der Waals surface area contributed by atoms with Crippen molar-refractivity contribution in [2.75, 3.05) is 25.0 Å². The van der Waals surface area contributed by atoms with Crippen molar-refractivity contribution in [3.63, 3.8) is 0 Å². The van der Waals surface area contributed by atoms with Crippen molar-refractivity contribution in [2.45, 2.75) is 57.7 Å². The zero-order valence-corrected chi connectivity index (χ0v) is 19.7. The summed E-state index contributed by atoms with van der Waals surface area (Å²) in [5.41, 5.74) is 3.83. The molecular formula is C26H29F4N5. The van der Waals surface area contributed by atoms with Crippen LogP contribution in [0.4, 0.5) is 23.2 Å². The zero-order valence-electron chi connectivity index (χ0n) is 19.7. The Balaban J connectivity index is 1.47. The Labute approximate surface area is 201 Å². The van der Waals surface area contributed by atoms with Gasteiger partial charge in [-0.3, -0.25) is 15.0 Å². The van der Waals surface area contributed by atoms with E-state index >= 15 is 0 Å². The summed E-state index contributed by atoms with van der Waals surface area (Å²) in [5, 5.41) is 10.2. The van der Waals surface area contributed by atoms with Gasteiger partial charge in [0.15, 0.2) is 0 Å². The molecule has 0 bridgehead atoms. The molecule has 3 aromatic rings. The van der Waals surface area contributed by atoms with E-state index in [0.717, 1.165) is 25.3 Å². The first-order valence-electron chi connectivity index (χ1n) is 12.2. The van der Waals surface area contributed by atoms with E-state index in [1.165, 1.54) is 12.8 Å². The quantitative estimate of drug-likeness (QED) is 0.397. The van der Waals surface area contributed by atoms with E-state index in [1.807, 2.05) is 6.07 Å². The Morgan fingerprint density at radius 3 is 2.69 bits per heavy atom. The number of unbranched alkanes of at least 4 members (excludes halogenated alkanes) is 1. The van der Waals surface area contributed by atoms with Gasteiger partial charge in [0.25, 0.3) is 0 Å². The second kappa shape index (κ2) is 9.60. The predicted octanol–water partition coefficient (Wildman–Crippen LogP) is 6.08. The van der Waals surface area contributed by atoms with Gasteiger partial charge in [-0.15, -0.1) is 0 Å². The summed E-state index contributed by atoms with van der Waals surface area (Å²) >= 11 is 0. The van der Waals surface area contributed by atoms with Gasteiger partial charge in [0, 0.05) is 18.7 Å². The number of hydrogen-bond acceptors (Lipinski definition) is 4. The number of likely N-dealkylation sites (tertiary alicyclic amines) is 1. The average Bonchev–Trinajstić information content (AvgIpc) is 3.07. The van der Waals surface area contributed by atoms with Crippen LogP contribution in [0.15, 0.2) is 36.0 Å². The Kier molecular flexibility index (Phi) is 6.53. The molecule has 1 aliphatic heterocycles. The number of fused-ring (bicyclic) bond motifs is 3. The van der Waals surface area contributed by atoms with Crippen molar-refractivity contribution in [1.29, 1.82) is 0 Å². The number of nitrogens with one attached hydrogen (secondary N) is 2. The Morgan fingerprint density at radius 2 is 1.97 bits per heavy atom. The molecule has 0 atom stereocenters. The van der Waals surface area contributed by atoms with Crippen molar-refractivity contribution in [3.8, 4) is 0 Å². The van der Waals surface area contributed by atoms with Crippen molar-refractivity contribution in [2.24, 2.45) is 0 Å². The van der Waals surface area contributed by atoms with E-state index < -0.39 is 18.5 Å². The smallest absolute Gasteiger partial charge is 0.378 e. The molecule has 2 aromatic heterocycles. The van der Waals surface area contributed by atoms with E-state index in [1.54, 1.807) is 24.4 Å². The molecule has 186 valence electrons. The number of benzene rings is 1. The fourth-order valence-corrected chi connectivity index (χ4v) is 5.25. The lowest BCUT2D eigenvalue weighted by Crippen LogP contribution is -2.54. The molecule has 0 amide bonds. The van der Waals surface area contributed by atoms with Gasteiger partial charge in [-0.05, 0) is 61.6 Å². The second-order valence-electron chi connectivity index (χ2n) is 9.53. The van der Waals surface area contributed by atoms with Crippen LogP contribution >= 0.6 is 0 Å². The molecule has 5 rings (SSSR count). The minimum absolute atomic E-state index is 0.280. The summed E-state index contributed by atoms with van der Waals surface area (Å²) in [7, 11) is 0. The summed E-state index contributed by atoms with van der Waals surface area (Å²) in [6, 6.07) is 7.39. The minimum atomic E-state index is -4.34. The molecule has 1 aromatic carbocycles. The molecular weight excluding hydrogens is 458 g/mol. The maximum Gasteiger partial charge on any atom is 0.392 e. The number of H-pyrrole nitrogens is 1. The third kappa shape index (κ3) is 5.05. The first-order valence-corrected chi connectivity index (χ1v) is 12.2. The molecule has 0 radical (unpaired) electrons. The zero-order chi connectivity index (χ0) is 24.6. The van der Waals surface area contributed by atoms with Crippen molar-refractivity contribution in [3.05, 3.63) is 58.8 Å². The minimum Gasteiger partial charge on any atom is -0.378 e. The second-order valence-corrected chi connectivity index (χ2v) is 9.53. The largest absolute Gasteiger partial charge is 0.392 e. The number of hydrogen-bond donors (Lipinski definition) is 2. The maximum absolute atomic E-state index is 14.5. The lowest BCUT2D eigenvalue weighted by molar-refractivity contribution is -0.127. The molecule has 0 spiro atoms. The number of aromatic nitrogens is 3. The Bertz CT molecular complexity index is 1220. The number of rotatable bonds is 7. The van der Waals surface area contributed by atoms with Gasteiger partial charge in [-0.2, -0.15) is 22.7 Å². The van der Waals surface area contributed by atoms with Crippen LogP contribution in [0.1, 0.15) is 55.8 Å². The number of aryl methyl sites for hydroxylation is 1. The lowest BCUT2D eigenvalue weighted by atomic mass is 9.90. The standard InChI is InChI=1S/C26H29F4N5/c1-2-3-11-35-14-18(15-35)32-17-7-9-21(31-13-17)23-16(12-26(28,29)30)5-4-6-19-20(23)8-10-22-24(19)25(27)34-33-22/h7-10,13,18,32H,2-6,11-12,14-15H2,1H3,(H,33,34). The number of anilines is 1. The fraction of sp³-hybridized carbons (Fsp3) is 0.462. The first-order chi connectivity index (χ1) is 16.8. The molecule has 5 nitrogen and oxygen atoms in total. The van der Waals surface area contributed by atoms with Gasteiger partial charge < -0.3 is 5.32 Å². The van der Waals surface area contributed by atoms with Gasteiger partial charge in [-0.25, -0.2) is 0 Å². The normalized spacial score (nSPS) is 17.4. The number of halogens is 4. The molecule has 0 unspecified atom stereocenters. The van der Waals surface area contributed by atoms with Gasteiger partial charge in [0.1, 0.15) is 0 Å². The molecule has 3 heterocycles. The molecule has 35 heavy (non-hydrogen) atoms. The number of pyridine rings is 1. The summed E-state index contributed by atoms with van der Waals surface area (Å²) in [6.45, 7) is 5.23. The summed E-state index contributed by atoms with van der Waals surface area (Å²) in [6.07, 6.45) is -0.0453. The summed E-state index contributed by atoms with van der Waals surface area (Å²) < 4.78 is 55.1. The third-order valence-electron chi connectivity index (χ3n) is 6.90. The van der Waals surface area contributed by atoms with E-state index in [-0.39, 0.29) is 6.42 Å². The topological polar surface area (TPSA) is 56.8 Å². The van der Waals surface area contributed by atoms with Crippen LogP contribution < -0.4 is 5.32 Å². The average molecular weight is 488 g/mol. The first kappa shape index (κ1) is 23.8. The van der Waals surface area contributed by atoms with Gasteiger partial charge >= 0.3 is 6.18 Å². The molecule has 1 aliphatic carbocycles. The predicted molar refractivity (Wildman–Crippen MR) is 129 cm³/mol. The van der Waals surface area contributed by atoms with E-state index in [9.17, 15) is 17.6 Å².